The molecular weight excluding hydrogens is 358 g/mol. The summed E-state index contributed by atoms with van der Waals surface area (Å²) in [6, 6.07) is 4.86. The number of benzene rings is 1. The van der Waals surface area contributed by atoms with Gasteiger partial charge >= 0.3 is 5.97 Å². The monoisotopic (exact) mass is 375 g/mol. The van der Waals surface area contributed by atoms with Crippen molar-refractivity contribution in [1.82, 2.24) is 4.31 Å². The number of sulfonamides is 1. The molecule has 1 aromatic carbocycles. The fourth-order valence-electron chi connectivity index (χ4n) is 2.56. The van der Waals surface area contributed by atoms with E-state index in [1.54, 1.807) is 18.2 Å². The van der Waals surface area contributed by atoms with Gasteiger partial charge < -0.3 is 5.11 Å². The average molecular weight is 376 g/mol. The Morgan fingerprint density at radius 3 is 2.62 bits per heavy atom. The van der Waals surface area contributed by atoms with E-state index in [0.717, 1.165) is 10.0 Å². The molecule has 2 unspecified atom stereocenters. The number of aliphatic carboxylic acids is 1. The average Bonchev–Trinajstić information content (AvgIpc) is 2.41. The Morgan fingerprint density at radius 1 is 1.38 bits per heavy atom. The lowest BCUT2D eigenvalue weighted by atomic mass is 9.92. The van der Waals surface area contributed by atoms with Gasteiger partial charge in [0.25, 0.3) is 0 Å². The van der Waals surface area contributed by atoms with Gasteiger partial charge in [0.15, 0.2) is 0 Å². The van der Waals surface area contributed by atoms with Crippen molar-refractivity contribution in [3.8, 4) is 0 Å². The molecule has 1 aromatic rings. The first-order valence-corrected chi connectivity index (χ1v) is 8.94. The summed E-state index contributed by atoms with van der Waals surface area (Å²) in [4.78, 5) is 11.4. The van der Waals surface area contributed by atoms with Crippen LogP contribution in [-0.2, 0) is 14.8 Å². The highest BCUT2D eigenvalue weighted by molar-refractivity contribution is 9.10. The fourth-order valence-corrected chi connectivity index (χ4v) is 4.72. The SMILES string of the molecule is Cc1ccc(S(=O)(=O)N2CC(C)CC(C(=O)O)C2)cc1Br. The van der Waals surface area contributed by atoms with Gasteiger partial charge in [-0.1, -0.05) is 28.9 Å². The summed E-state index contributed by atoms with van der Waals surface area (Å²) in [6.07, 6.45) is 0.513. The molecule has 1 N–H and O–H groups in total. The quantitative estimate of drug-likeness (QED) is 0.880. The van der Waals surface area contributed by atoms with Crippen LogP contribution in [0, 0.1) is 18.8 Å². The molecule has 1 heterocycles. The molecule has 0 radical (unpaired) electrons. The third kappa shape index (κ3) is 3.46. The summed E-state index contributed by atoms with van der Waals surface area (Å²) in [6.45, 7) is 4.15. The second-order valence-corrected chi connectivity index (χ2v) is 8.40. The Bertz CT molecular complexity index is 659. The summed E-state index contributed by atoms with van der Waals surface area (Å²) < 4.78 is 27.4. The second-order valence-electron chi connectivity index (χ2n) is 5.61. The molecule has 1 fully saturated rings. The minimum absolute atomic E-state index is 0.0310. The molecule has 1 aliphatic heterocycles. The molecule has 7 heteroatoms. The van der Waals surface area contributed by atoms with Gasteiger partial charge in [-0.3, -0.25) is 4.79 Å². The van der Waals surface area contributed by atoms with Gasteiger partial charge in [0.2, 0.25) is 10.0 Å². The number of rotatable bonds is 3. The molecule has 0 saturated carbocycles. The van der Waals surface area contributed by atoms with E-state index < -0.39 is 21.9 Å². The number of halogens is 1. The van der Waals surface area contributed by atoms with Crippen molar-refractivity contribution in [2.45, 2.75) is 25.2 Å². The lowest BCUT2D eigenvalue weighted by Crippen LogP contribution is -2.45. The van der Waals surface area contributed by atoms with E-state index in [4.69, 9.17) is 5.11 Å². The third-order valence-electron chi connectivity index (χ3n) is 3.76. The van der Waals surface area contributed by atoms with Gasteiger partial charge in [0.05, 0.1) is 10.8 Å². The number of nitrogens with zero attached hydrogens (tertiary/aromatic N) is 1. The van der Waals surface area contributed by atoms with Crippen LogP contribution < -0.4 is 0 Å². The van der Waals surface area contributed by atoms with Crippen LogP contribution in [0.1, 0.15) is 18.9 Å². The number of piperidine rings is 1. The molecule has 1 aliphatic rings. The van der Waals surface area contributed by atoms with Crippen LogP contribution in [0.25, 0.3) is 0 Å². The zero-order valence-electron chi connectivity index (χ0n) is 11.9. The molecule has 1 saturated heterocycles. The van der Waals surface area contributed by atoms with Crippen LogP contribution in [0.5, 0.6) is 0 Å². The lowest BCUT2D eigenvalue weighted by molar-refractivity contribution is -0.143. The van der Waals surface area contributed by atoms with Crippen LogP contribution in [-0.4, -0.2) is 36.9 Å². The molecule has 116 valence electrons. The first-order valence-electron chi connectivity index (χ1n) is 6.71. The van der Waals surface area contributed by atoms with Gasteiger partial charge in [-0.25, -0.2) is 8.42 Å². The van der Waals surface area contributed by atoms with E-state index in [1.165, 1.54) is 4.31 Å². The van der Waals surface area contributed by atoms with Crippen LogP contribution in [0.2, 0.25) is 0 Å². The lowest BCUT2D eigenvalue weighted by Gasteiger charge is -2.33. The van der Waals surface area contributed by atoms with Crippen molar-refractivity contribution >= 4 is 31.9 Å². The summed E-state index contributed by atoms with van der Waals surface area (Å²) in [5.41, 5.74) is 0.948. The van der Waals surface area contributed by atoms with E-state index >= 15 is 0 Å². The Kier molecular flexibility index (Phi) is 4.75. The number of aryl methyl sites for hydroxylation is 1. The van der Waals surface area contributed by atoms with Crippen LogP contribution >= 0.6 is 15.9 Å². The van der Waals surface area contributed by atoms with Crippen molar-refractivity contribution in [2.24, 2.45) is 11.8 Å². The predicted molar refractivity (Wildman–Crippen MR) is 82.5 cm³/mol. The maximum Gasteiger partial charge on any atom is 0.307 e. The topological polar surface area (TPSA) is 74.7 Å². The number of carboxylic acid groups (broad SMARTS) is 1. The molecule has 0 spiro atoms. The molecule has 21 heavy (non-hydrogen) atoms. The summed E-state index contributed by atoms with van der Waals surface area (Å²) in [5.74, 6) is -1.55. The molecule has 2 atom stereocenters. The first-order chi connectivity index (χ1) is 9.71. The van der Waals surface area contributed by atoms with Crippen molar-refractivity contribution in [3.05, 3.63) is 28.2 Å². The fraction of sp³-hybridized carbons (Fsp3) is 0.500. The van der Waals surface area contributed by atoms with E-state index in [2.05, 4.69) is 15.9 Å². The molecule has 0 aromatic heterocycles. The van der Waals surface area contributed by atoms with Gasteiger partial charge in [-0.2, -0.15) is 4.31 Å². The molecular formula is C14H18BrNO4S. The Balaban J connectivity index is 2.33. The maximum atomic E-state index is 12.7. The third-order valence-corrected chi connectivity index (χ3v) is 6.44. The molecule has 5 nitrogen and oxygen atoms in total. The zero-order valence-corrected chi connectivity index (χ0v) is 14.3. The minimum atomic E-state index is -3.66. The van der Waals surface area contributed by atoms with Crippen LogP contribution in [0.3, 0.4) is 0 Å². The number of carboxylic acids is 1. The Labute approximate surface area is 133 Å². The van der Waals surface area contributed by atoms with E-state index in [-0.39, 0.29) is 17.4 Å². The molecule has 0 amide bonds. The summed E-state index contributed by atoms with van der Waals surface area (Å²) in [7, 11) is -3.66. The number of hydrogen-bond acceptors (Lipinski definition) is 3. The normalized spacial score (nSPS) is 24.0. The maximum absolute atomic E-state index is 12.7. The first kappa shape index (κ1) is 16.5. The second kappa shape index (κ2) is 6.06. The Morgan fingerprint density at radius 2 is 2.05 bits per heavy atom. The van der Waals surface area contributed by atoms with Crippen molar-refractivity contribution < 1.29 is 18.3 Å². The van der Waals surface area contributed by atoms with Gasteiger partial charge in [0, 0.05) is 17.6 Å². The van der Waals surface area contributed by atoms with Crippen molar-refractivity contribution in [3.63, 3.8) is 0 Å². The minimum Gasteiger partial charge on any atom is -0.481 e. The molecule has 0 bridgehead atoms. The standard InChI is InChI=1S/C14H18BrNO4S/c1-9-5-11(14(17)18)8-16(7-9)21(19,20)12-4-3-10(2)13(15)6-12/h3-4,6,9,11H,5,7-8H2,1-2H3,(H,17,18). The van der Waals surface area contributed by atoms with Gasteiger partial charge in [-0.15, -0.1) is 0 Å². The highest BCUT2D eigenvalue weighted by atomic mass is 79.9. The van der Waals surface area contributed by atoms with E-state index in [0.29, 0.717) is 13.0 Å². The molecule has 2 rings (SSSR count). The van der Waals surface area contributed by atoms with Crippen LogP contribution in [0.15, 0.2) is 27.6 Å². The smallest absolute Gasteiger partial charge is 0.307 e. The highest BCUT2D eigenvalue weighted by Crippen LogP contribution is 2.29. The summed E-state index contributed by atoms with van der Waals surface area (Å²) >= 11 is 3.33. The van der Waals surface area contributed by atoms with Crippen LogP contribution in [0.4, 0.5) is 0 Å². The van der Waals surface area contributed by atoms with Gasteiger partial charge in [0.1, 0.15) is 0 Å². The highest BCUT2D eigenvalue weighted by Gasteiger charge is 2.36. The number of carbonyl (C=O) groups is 1. The Hall–Kier alpha value is -0.920. The predicted octanol–water partition coefficient (Wildman–Crippen LogP) is 2.49. The van der Waals surface area contributed by atoms with E-state index in [9.17, 15) is 13.2 Å². The molecule has 0 aliphatic carbocycles. The van der Waals surface area contributed by atoms with Gasteiger partial charge in [-0.05, 0) is 37.0 Å². The van der Waals surface area contributed by atoms with Crippen molar-refractivity contribution in [1.29, 1.82) is 0 Å². The number of hydrogen-bond donors (Lipinski definition) is 1. The van der Waals surface area contributed by atoms with E-state index in [1.807, 2.05) is 13.8 Å². The zero-order chi connectivity index (χ0) is 15.8. The van der Waals surface area contributed by atoms with Crippen molar-refractivity contribution in [2.75, 3.05) is 13.1 Å². The largest absolute Gasteiger partial charge is 0.481 e. The summed E-state index contributed by atoms with van der Waals surface area (Å²) in [5, 5.41) is 9.16.